The average molecular weight is 311 g/mol. The van der Waals surface area contributed by atoms with E-state index in [1.807, 2.05) is 20.0 Å². The Morgan fingerprint density at radius 3 is 2.86 bits per heavy atom. The maximum atomic E-state index is 12.1. The number of hydrogen-bond acceptors (Lipinski definition) is 5. The molecule has 0 amide bonds. The summed E-state index contributed by atoms with van der Waals surface area (Å²) in [6.07, 6.45) is 6.02. The molecule has 6 nitrogen and oxygen atoms in total. The maximum absolute atomic E-state index is 12.1. The lowest BCUT2D eigenvalue weighted by atomic mass is 9.80. The monoisotopic (exact) mass is 311 g/mol. The highest BCUT2D eigenvalue weighted by atomic mass is 16.4. The minimum Gasteiger partial charge on any atom is -0.479 e. The second kappa shape index (κ2) is 6.87. The molecule has 1 fully saturated rings. The van der Waals surface area contributed by atoms with Crippen molar-refractivity contribution in [2.75, 3.05) is 13.6 Å². The van der Waals surface area contributed by atoms with E-state index >= 15 is 0 Å². The number of aliphatic hydroxyl groups excluding tert-OH is 1. The molecule has 2 rings (SSSR count). The molecule has 2 heterocycles. The summed E-state index contributed by atoms with van der Waals surface area (Å²) in [7, 11) is 1.61. The van der Waals surface area contributed by atoms with E-state index in [-0.39, 0.29) is 12.1 Å². The SMILES string of the molecule is CCC[C@@H](C)[C@@H](O)[C@](NC)(C(=O)O)C1=CN2CCCCC2N1. The minimum atomic E-state index is -1.48. The van der Waals surface area contributed by atoms with Crippen molar-refractivity contribution < 1.29 is 15.0 Å². The van der Waals surface area contributed by atoms with Crippen LogP contribution in [0, 0.1) is 5.92 Å². The zero-order valence-electron chi connectivity index (χ0n) is 13.8. The first-order valence-corrected chi connectivity index (χ1v) is 8.32. The van der Waals surface area contributed by atoms with Crippen LogP contribution in [-0.2, 0) is 4.79 Å². The Balaban J connectivity index is 2.31. The predicted molar refractivity (Wildman–Crippen MR) is 85.1 cm³/mol. The van der Waals surface area contributed by atoms with Crippen molar-refractivity contribution in [1.29, 1.82) is 0 Å². The van der Waals surface area contributed by atoms with Crippen molar-refractivity contribution in [3.8, 4) is 0 Å². The quantitative estimate of drug-likeness (QED) is 0.563. The molecule has 2 aliphatic heterocycles. The summed E-state index contributed by atoms with van der Waals surface area (Å²) in [4.78, 5) is 14.2. The highest BCUT2D eigenvalue weighted by Gasteiger charge is 2.52. The number of likely N-dealkylation sites (N-methyl/N-ethyl adjacent to an activating group) is 1. The van der Waals surface area contributed by atoms with Crippen LogP contribution in [0.2, 0.25) is 0 Å². The van der Waals surface area contributed by atoms with Crippen LogP contribution >= 0.6 is 0 Å². The van der Waals surface area contributed by atoms with Gasteiger partial charge in [0.05, 0.1) is 18.0 Å². The highest BCUT2D eigenvalue weighted by Crippen LogP contribution is 2.32. The van der Waals surface area contributed by atoms with Crippen LogP contribution in [0.3, 0.4) is 0 Å². The second-order valence-corrected chi connectivity index (χ2v) is 6.51. The molecule has 22 heavy (non-hydrogen) atoms. The van der Waals surface area contributed by atoms with E-state index in [0.29, 0.717) is 5.70 Å². The number of hydrogen-bond donors (Lipinski definition) is 4. The molecule has 4 N–H and O–H groups in total. The zero-order valence-corrected chi connectivity index (χ0v) is 13.8. The van der Waals surface area contributed by atoms with Crippen LogP contribution in [-0.4, -0.2) is 52.5 Å². The molecule has 4 atom stereocenters. The molecule has 0 saturated carbocycles. The first-order valence-electron chi connectivity index (χ1n) is 8.32. The van der Waals surface area contributed by atoms with Crippen molar-refractivity contribution >= 4 is 5.97 Å². The normalized spacial score (nSPS) is 26.5. The molecular formula is C16H29N3O3. The molecule has 1 unspecified atom stereocenters. The van der Waals surface area contributed by atoms with Gasteiger partial charge < -0.3 is 20.4 Å². The summed E-state index contributed by atoms with van der Waals surface area (Å²) in [6, 6.07) is 0. The number of carbonyl (C=O) groups is 1. The second-order valence-electron chi connectivity index (χ2n) is 6.51. The Kier molecular flexibility index (Phi) is 5.34. The Bertz CT molecular complexity index is 440. The number of piperidine rings is 1. The third kappa shape index (κ3) is 2.82. The van der Waals surface area contributed by atoms with Gasteiger partial charge in [-0.2, -0.15) is 0 Å². The average Bonchev–Trinajstić information content (AvgIpc) is 2.92. The fourth-order valence-electron chi connectivity index (χ4n) is 3.69. The molecule has 1 saturated heterocycles. The molecule has 0 spiro atoms. The van der Waals surface area contributed by atoms with Gasteiger partial charge in [-0.3, -0.25) is 5.32 Å². The van der Waals surface area contributed by atoms with E-state index in [0.717, 1.165) is 38.6 Å². The van der Waals surface area contributed by atoms with Gasteiger partial charge in [0.1, 0.15) is 0 Å². The van der Waals surface area contributed by atoms with E-state index in [9.17, 15) is 15.0 Å². The molecule has 0 aromatic carbocycles. The Hall–Kier alpha value is -1.27. The maximum Gasteiger partial charge on any atom is 0.332 e. The summed E-state index contributed by atoms with van der Waals surface area (Å²) in [6.45, 7) is 4.88. The van der Waals surface area contributed by atoms with Crippen LogP contribution in [0.5, 0.6) is 0 Å². The number of aliphatic hydroxyl groups is 1. The lowest BCUT2D eigenvalue weighted by Crippen LogP contribution is -2.64. The highest BCUT2D eigenvalue weighted by molar-refractivity contribution is 5.84. The first kappa shape index (κ1) is 17.1. The van der Waals surface area contributed by atoms with Gasteiger partial charge in [0.15, 0.2) is 5.54 Å². The number of fused-ring (bicyclic) bond motifs is 1. The standard InChI is InChI=1S/C16H29N3O3/c1-4-7-11(2)14(20)16(17-3,15(21)22)12-10-19-9-6-5-8-13(19)18-12/h10-11,13-14,17-18,20H,4-9H2,1-3H3,(H,21,22)/t11-,13?,14-,16+/m1/s1. The summed E-state index contributed by atoms with van der Waals surface area (Å²) in [5, 5.41) is 26.9. The third-order valence-electron chi connectivity index (χ3n) is 5.04. The number of nitrogens with one attached hydrogen (secondary N) is 2. The fraction of sp³-hybridized carbons (Fsp3) is 0.812. The van der Waals surface area contributed by atoms with E-state index in [1.165, 1.54) is 0 Å². The largest absolute Gasteiger partial charge is 0.479 e. The Morgan fingerprint density at radius 2 is 2.32 bits per heavy atom. The van der Waals surface area contributed by atoms with Crippen LogP contribution in [0.15, 0.2) is 11.9 Å². The summed E-state index contributed by atoms with van der Waals surface area (Å²) in [5.41, 5.74) is -0.906. The van der Waals surface area contributed by atoms with Gasteiger partial charge in [-0.25, -0.2) is 4.79 Å². The number of nitrogens with zero attached hydrogens (tertiary/aromatic N) is 1. The van der Waals surface area contributed by atoms with Crippen LogP contribution in [0.1, 0.15) is 46.0 Å². The van der Waals surface area contributed by atoms with Crippen molar-refractivity contribution in [2.45, 2.75) is 63.8 Å². The molecular weight excluding hydrogens is 282 g/mol. The first-order chi connectivity index (χ1) is 10.5. The van der Waals surface area contributed by atoms with Gasteiger partial charge >= 0.3 is 5.97 Å². The molecule has 0 aliphatic carbocycles. The summed E-state index contributed by atoms with van der Waals surface area (Å²) >= 11 is 0. The lowest BCUT2D eigenvalue weighted by Gasteiger charge is -2.38. The minimum absolute atomic E-state index is 0.103. The number of aliphatic carboxylic acids is 1. The van der Waals surface area contributed by atoms with Crippen LogP contribution < -0.4 is 10.6 Å². The van der Waals surface area contributed by atoms with Gasteiger partial charge in [-0.1, -0.05) is 20.3 Å². The van der Waals surface area contributed by atoms with Crippen molar-refractivity contribution in [1.82, 2.24) is 15.5 Å². The van der Waals surface area contributed by atoms with E-state index in [2.05, 4.69) is 15.5 Å². The number of carboxylic acid groups (broad SMARTS) is 1. The molecule has 0 bridgehead atoms. The van der Waals surface area contributed by atoms with E-state index in [1.54, 1.807) is 7.05 Å². The van der Waals surface area contributed by atoms with Crippen molar-refractivity contribution in [3.05, 3.63) is 11.9 Å². The molecule has 0 aromatic rings. The van der Waals surface area contributed by atoms with Gasteiger partial charge in [0, 0.05) is 12.7 Å². The van der Waals surface area contributed by atoms with Crippen molar-refractivity contribution in [3.63, 3.8) is 0 Å². The van der Waals surface area contributed by atoms with Crippen LogP contribution in [0.25, 0.3) is 0 Å². The predicted octanol–water partition coefficient (Wildman–Crippen LogP) is 1.08. The lowest BCUT2D eigenvalue weighted by molar-refractivity contribution is -0.149. The molecule has 0 aromatic heterocycles. The Morgan fingerprint density at radius 1 is 1.59 bits per heavy atom. The Labute approximate surface area is 132 Å². The molecule has 6 heteroatoms. The van der Waals surface area contributed by atoms with E-state index < -0.39 is 17.6 Å². The van der Waals surface area contributed by atoms with Gasteiger partial charge in [0.25, 0.3) is 0 Å². The van der Waals surface area contributed by atoms with Crippen molar-refractivity contribution in [2.24, 2.45) is 5.92 Å². The van der Waals surface area contributed by atoms with Gasteiger partial charge in [-0.15, -0.1) is 0 Å². The summed E-state index contributed by atoms with van der Waals surface area (Å²) < 4.78 is 0. The topological polar surface area (TPSA) is 84.8 Å². The van der Waals surface area contributed by atoms with E-state index in [4.69, 9.17) is 0 Å². The molecule has 0 radical (unpaired) electrons. The zero-order chi connectivity index (χ0) is 16.3. The smallest absolute Gasteiger partial charge is 0.332 e. The third-order valence-corrected chi connectivity index (χ3v) is 5.04. The fourth-order valence-corrected chi connectivity index (χ4v) is 3.69. The van der Waals surface area contributed by atoms with Crippen LogP contribution in [0.4, 0.5) is 0 Å². The van der Waals surface area contributed by atoms with Gasteiger partial charge in [0.2, 0.25) is 0 Å². The molecule has 2 aliphatic rings. The number of rotatable bonds is 7. The van der Waals surface area contributed by atoms with Gasteiger partial charge in [-0.05, 0) is 38.6 Å². The number of carboxylic acids is 1. The molecule has 126 valence electrons. The summed E-state index contributed by atoms with van der Waals surface area (Å²) in [5.74, 6) is -1.14.